The second-order valence-corrected chi connectivity index (χ2v) is 5.73. The van der Waals surface area contributed by atoms with Gasteiger partial charge in [-0.3, -0.25) is 4.79 Å². The highest BCUT2D eigenvalue weighted by Crippen LogP contribution is 2.20. The lowest BCUT2D eigenvalue weighted by Gasteiger charge is -2.05. The van der Waals surface area contributed by atoms with Gasteiger partial charge in [0.25, 0.3) is 0 Å². The molecule has 2 aromatic rings. The predicted molar refractivity (Wildman–Crippen MR) is 77.0 cm³/mol. The molecule has 0 saturated heterocycles. The van der Waals surface area contributed by atoms with Gasteiger partial charge < -0.3 is 10.4 Å². The zero-order valence-corrected chi connectivity index (χ0v) is 11.9. The summed E-state index contributed by atoms with van der Waals surface area (Å²) in [5.41, 5.74) is 1.82. The number of hydrogen-bond acceptors (Lipinski definition) is 4. The fraction of sp³-hybridized carbons (Fsp3) is 0.231. The summed E-state index contributed by atoms with van der Waals surface area (Å²) >= 11 is 7.36. The SMILES string of the molecule is Cc1cc(NCc2ccc(CC(=O)O)s2)cnc1Cl. The molecule has 0 aromatic carbocycles. The maximum atomic E-state index is 10.6. The number of thiophene rings is 1. The van der Waals surface area contributed by atoms with Gasteiger partial charge in [-0.2, -0.15) is 0 Å². The zero-order valence-electron chi connectivity index (χ0n) is 10.3. The van der Waals surface area contributed by atoms with Crippen LogP contribution in [0.15, 0.2) is 24.4 Å². The summed E-state index contributed by atoms with van der Waals surface area (Å²) in [5, 5.41) is 12.5. The fourth-order valence-electron chi connectivity index (χ4n) is 1.61. The smallest absolute Gasteiger partial charge is 0.308 e. The van der Waals surface area contributed by atoms with E-state index in [-0.39, 0.29) is 6.42 Å². The first kappa shape index (κ1) is 13.8. The van der Waals surface area contributed by atoms with Crippen LogP contribution in [0.5, 0.6) is 0 Å². The molecule has 0 fully saturated rings. The van der Waals surface area contributed by atoms with Crippen molar-refractivity contribution in [2.24, 2.45) is 0 Å². The van der Waals surface area contributed by atoms with E-state index in [0.29, 0.717) is 11.7 Å². The summed E-state index contributed by atoms with van der Waals surface area (Å²) in [5.74, 6) is -0.807. The van der Waals surface area contributed by atoms with Crippen LogP contribution in [0.25, 0.3) is 0 Å². The number of nitrogens with zero attached hydrogens (tertiary/aromatic N) is 1. The largest absolute Gasteiger partial charge is 0.481 e. The molecule has 0 saturated carbocycles. The summed E-state index contributed by atoms with van der Waals surface area (Å²) in [6.45, 7) is 2.55. The lowest BCUT2D eigenvalue weighted by Crippen LogP contribution is -1.99. The molecule has 2 N–H and O–H groups in total. The van der Waals surface area contributed by atoms with Crippen LogP contribution < -0.4 is 5.32 Å². The van der Waals surface area contributed by atoms with Crippen molar-refractivity contribution in [3.8, 4) is 0 Å². The summed E-state index contributed by atoms with van der Waals surface area (Å²) < 4.78 is 0. The van der Waals surface area contributed by atoms with E-state index in [9.17, 15) is 4.79 Å². The quantitative estimate of drug-likeness (QED) is 0.831. The Balaban J connectivity index is 1.96. The van der Waals surface area contributed by atoms with Crippen LogP contribution in [0.4, 0.5) is 5.69 Å². The van der Waals surface area contributed by atoms with E-state index in [1.807, 2.05) is 25.1 Å². The molecule has 0 atom stereocenters. The Hall–Kier alpha value is -1.59. The van der Waals surface area contributed by atoms with Gasteiger partial charge >= 0.3 is 5.97 Å². The third-order valence-corrected chi connectivity index (χ3v) is 4.00. The van der Waals surface area contributed by atoms with Crippen molar-refractivity contribution >= 4 is 34.6 Å². The number of aliphatic carboxylic acids is 1. The minimum Gasteiger partial charge on any atom is -0.481 e. The number of carboxylic acids is 1. The minimum atomic E-state index is -0.807. The van der Waals surface area contributed by atoms with Crippen molar-refractivity contribution < 1.29 is 9.90 Å². The van der Waals surface area contributed by atoms with E-state index in [1.54, 1.807) is 6.20 Å². The van der Waals surface area contributed by atoms with Gasteiger partial charge in [-0.05, 0) is 30.7 Å². The predicted octanol–water partition coefficient (Wildman–Crippen LogP) is 3.34. The number of carboxylic acid groups (broad SMARTS) is 1. The fourth-order valence-corrected chi connectivity index (χ4v) is 2.66. The zero-order chi connectivity index (χ0) is 13.8. The normalized spacial score (nSPS) is 10.4. The van der Waals surface area contributed by atoms with Crippen molar-refractivity contribution in [2.45, 2.75) is 19.9 Å². The van der Waals surface area contributed by atoms with E-state index < -0.39 is 5.97 Å². The highest BCUT2D eigenvalue weighted by Gasteiger charge is 2.05. The van der Waals surface area contributed by atoms with Crippen molar-refractivity contribution in [1.82, 2.24) is 4.98 Å². The Labute approximate surface area is 120 Å². The molecule has 0 aliphatic carbocycles. The first-order valence-corrected chi connectivity index (χ1v) is 6.89. The molecule has 0 amide bonds. The number of halogens is 1. The van der Waals surface area contributed by atoms with E-state index in [2.05, 4.69) is 10.3 Å². The molecule has 6 heteroatoms. The molecule has 100 valence electrons. The highest BCUT2D eigenvalue weighted by molar-refractivity contribution is 7.12. The van der Waals surface area contributed by atoms with E-state index in [0.717, 1.165) is 21.0 Å². The van der Waals surface area contributed by atoms with E-state index >= 15 is 0 Å². The van der Waals surface area contributed by atoms with Gasteiger partial charge in [0.15, 0.2) is 0 Å². The Morgan fingerprint density at radius 1 is 1.47 bits per heavy atom. The number of hydrogen-bond donors (Lipinski definition) is 2. The average Bonchev–Trinajstić information content (AvgIpc) is 2.77. The Kier molecular flexibility index (Phi) is 4.39. The van der Waals surface area contributed by atoms with Crippen molar-refractivity contribution in [3.63, 3.8) is 0 Å². The van der Waals surface area contributed by atoms with Crippen LogP contribution in [0.1, 0.15) is 15.3 Å². The second kappa shape index (κ2) is 6.04. The average molecular weight is 297 g/mol. The lowest BCUT2D eigenvalue weighted by atomic mass is 10.3. The molecule has 0 radical (unpaired) electrons. The van der Waals surface area contributed by atoms with E-state index in [4.69, 9.17) is 16.7 Å². The molecule has 4 nitrogen and oxygen atoms in total. The Bertz CT molecular complexity index is 598. The second-order valence-electron chi connectivity index (χ2n) is 4.12. The van der Waals surface area contributed by atoms with Crippen LogP contribution in [-0.4, -0.2) is 16.1 Å². The minimum absolute atomic E-state index is 0.0757. The van der Waals surface area contributed by atoms with Crippen LogP contribution in [0.2, 0.25) is 5.15 Å². The molecule has 0 aliphatic rings. The van der Waals surface area contributed by atoms with Crippen LogP contribution in [-0.2, 0) is 17.8 Å². The van der Waals surface area contributed by atoms with Gasteiger partial charge in [-0.15, -0.1) is 11.3 Å². The van der Waals surface area contributed by atoms with Crippen LogP contribution in [0, 0.1) is 6.92 Å². The summed E-state index contributed by atoms with van der Waals surface area (Å²) in [6.07, 6.45) is 1.76. The first-order chi connectivity index (χ1) is 9.04. The Morgan fingerprint density at radius 3 is 2.89 bits per heavy atom. The molecule has 0 aliphatic heterocycles. The molecular formula is C13H13ClN2O2S. The van der Waals surface area contributed by atoms with Crippen molar-refractivity contribution in [2.75, 3.05) is 5.32 Å². The maximum Gasteiger partial charge on any atom is 0.308 e. The number of aromatic nitrogens is 1. The first-order valence-electron chi connectivity index (χ1n) is 5.70. The number of aryl methyl sites for hydroxylation is 1. The third-order valence-electron chi connectivity index (χ3n) is 2.52. The van der Waals surface area contributed by atoms with Gasteiger partial charge in [0.1, 0.15) is 5.15 Å². The number of nitrogens with one attached hydrogen (secondary N) is 1. The lowest BCUT2D eigenvalue weighted by molar-refractivity contribution is -0.136. The van der Waals surface area contributed by atoms with Crippen molar-refractivity contribution in [3.05, 3.63) is 44.9 Å². The summed E-state index contributed by atoms with van der Waals surface area (Å²) in [7, 11) is 0. The summed E-state index contributed by atoms with van der Waals surface area (Å²) in [4.78, 5) is 16.6. The van der Waals surface area contributed by atoms with Gasteiger partial charge in [0, 0.05) is 16.3 Å². The van der Waals surface area contributed by atoms with Gasteiger partial charge in [0.05, 0.1) is 18.3 Å². The molecule has 2 rings (SSSR count). The number of anilines is 1. The molecular weight excluding hydrogens is 284 g/mol. The molecule has 0 bridgehead atoms. The molecule has 2 aromatic heterocycles. The van der Waals surface area contributed by atoms with Gasteiger partial charge in [0.2, 0.25) is 0 Å². The van der Waals surface area contributed by atoms with Crippen LogP contribution >= 0.6 is 22.9 Å². The number of rotatable bonds is 5. The Morgan fingerprint density at radius 2 is 2.21 bits per heavy atom. The number of pyridine rings is 1. The summed E-state index contributed by atoms with van der Waals surface area (Å²) in [6, 6.07) is 5.72. The van der Waals surface area contributed by atoms with Gasteiger partial charge in [-0.25, -0.2) is 4.98 Å². The molecule has 2 heterocycles. The molecule has 0 unspecified atom stereocenters. The highest BCUT2D eigenvalue weighted by atomic mass is 35.5. The van der Waals surface area contributed by atoms with Crippen LogP contribution in [0.3, 0.4) is 0 Å². The van der Waals surface area contributed by atoms with Gasteiger partial charge in [-0.1, -0.05) is 11.6 Å². The standard InChI is InChI=1S/C13H13ClN2O2S/c1-8-4-9(6-16-13(8)14)15-7-11-3-2-10(19-11)5-12(17)18/h2-4,6,15H,5,7H2,1H3,(H,17,18). The topological polar surface area (TPSA) is 62.2 Å². The molecule has 19 heavy (non-hydrogen) atoms. The monoisotopic (exact) mass is 296 g/mol. The third kappa shape index (κ3) is 3.94. The number of carbonyl (C=O) groups is 1. The van der Waals surface area contributed by atoms with Crippen molar-refractivity contribution in [1.29, 1.82) is 0 Å². The molecule has 0 spiro atoms. The van der Waals surface area contributed by atoms with E-state index in [1.165, 1.54) is 11.3 Å². The maximum absolute atomic E-state index is 10.6.